The van der Waals surface area contributed by atoms with Crippen molar-refractivity contribution in [3.05, 3.63) is 12.4 Å². The van der Waals surface area contributed by atoms with E-state index in [4.69, 9.17) is 0 Å². The van der Waals surface area contributed by atoms with Gasteiger partial charge in [-0.2, -0.15) is 0 Å². The molecule has 0 saturated carbocycles. The van der Waals surface area contributed by atoms with Crippen LogP contribution in [0.1, 0.15) is 13.8 Å². The molecular formula is C5H8IN3. The number of hydrogen-bond donors (Lipinski definition) is 0. The van der Waals surface area contributed by atoms with Crippen LogP contribution in [-0.4, -0.2) is 15.0 Å². The molecule has 9 heavy (non-hydrogen) atoms. The van der Waals surface area contributed by atoms with Gasteiger partial charge in [0.2, 0.25) is 0 Å². The van der Waals surface area contributed by atoms with Gasteiger partial charge in [-0.05, 0) is 13.8 Å². The van der Waals surface area contributed by atoms with Crippen molar-refractivity contribution in [2.45, 2.75) is 17.4 Å². The highest BCUT2D eigenvalue weighted by atomic mass is 127. The first-order chi connectivity index (χ1) is 4.11. The Morgan fingerprint density at radius 3 is 2.44 bits per heavy atom. The highest BCUT2D eigenvalue weighted by Crippen LogP contribution is 2.20. The van der Waals surface area contributed by atoms with E-state index >= 15 is 0 Å². The summed E-state index contributed by atoms with van der Waals surface area (Å²) in [6.07, 6.45) is 3.53. The molecule has 0 amide bonds. The second-order valence-electron chi connectivity index (χ2n) is 2.26. The quantitative estimate of drug-likeness (QED) is 0.546. The molecule has 1 aromatic rings. The Bertz CT molecular complexity index is 175. The lowest BCUT2D eigenvalue weighted by molar-refractivity contribution is 0.489. The average molecular weight is 237 g/mol. The second-order valence-corrected chi connectivity index (χ2v) is 4.90. The Labute approximate surface area is 67.6 Å². The standard InChI is InChI=1S/C5H8IN3/c1-5(2,6)9-4-3-7-8-9/h3-4H,1-2H3. The molecule has 1 heterocycles. The molecular weight excluding hydrogens is 229 g/mol. The Hall–Kier alpha value is -0.130. The molecule has 0 bridgehead atoms. The molecule has 0 aliphatic rings. The summed E-state index contributed by atoms with van der Waals surface area (Å²) < 4.78 is 1.85. The molecule has 1 aromatic heterocycles. The van der Waals surface area contributed by atoms with E-state index in [9.17, 15) is 0 Å². The lowest BCUT2D eigenvalue weighted by Crippen LogP contribution is -2.18. The summed E-state index contributed by atoms with van der Waals surface area (Å²) in [4.78, 5) is 0. The van der Waals surface area contributed by atoms with Crippen molar-refractivity contribution >= 4 is 22.6 Å². The summed E-state index contributed by atoms with van der Waals surface area (Å²) in [6, 6.07) is 0. The summed E-state index contributed by atoms with van der Waals surface area (Å²) in [5, 5.41) is 7.54. The fourth-order valence-corrected chi connectivity index (χ4v) is 0.749. The highest BCUT2D eigenvalue weighted by Gasteiger charge is 2.14. The Morgan fingerprint density at radius 2 is 2.22 bits per heavy atom. The van der Waals surface area contributed by atoms with E-state index in [0.29, 0.717) is 0 Å². The third-order valence-corrected chi connectivity index (χ3v) is 1.46. The van der Waals surface area contributed by atoms with Crippen molar-refractivity contribution in [2.75, 3.05) is 0 Å². The zero-order valence-electron chi connectivity index (χ0n) is 5.37. The number of rotatable bonds is 1. The van der Waals surface area contributed by atoms with Gasteiger partial charge in [-0.1, -0.05) is 27.8 Å². The smallest absolute Gasteiger partial charge is 0.110 e. The zero-order valence-corrected chi connectivity index (χ0v) is 7.53. The predicted molar refractivity (Wildman–Crippen MR) is 43.4 cm³/mol. The molecule has 0 fully saturated rings. The number of halogens is 1. The van der Waals surface area contributed by atoms with Gasteiger partial charge < -0.3 is 0 Å². The van der Waals surface area contributed by atoms with Crippen LogP contribution in [0.15, 0.2) is 12.4 Å². The molecule has 0 aliphatic carbocycles. The molecule has 0 atom stereocenters. The molecule has 0 aliphatic heterocycles. The van der Waals surface area contributed by atoms with E-state index in [2.05, 4.69) is 46.8 Å². The molecule has 0 spiro atoms. The summed E-state index contributed by atoms with van der Waals surface area (Å²) >= 11 is 2.30. The third-order valence-electron chi connectivity index (χ3n) is 0.967. The summed E-state index contributed by atoms with van der Waals surface area (Å²) in [5.41, 5.74) is 0. The van der Waals surface area contributed by atoms with Crippen LogP contribution in [0.25, 0.3) is 0 Å². The van der Waals surface area contributed by atoms with E-state index in [0.717, 1.165) is 0 Å². The maximum Gasteiger partial charge on any atom is 0.110 e. The molecule has 4 heteroatoms. The lowest BCUT2D eigenvalue weighted by atomic mass is 10.4. The van der Waals surface area contributed by atoms with Crippen LogP contribution in [0.5, 0.6) is 0 Å². The van der Waals surface area contributed by atoms with Crippen LogP contribution in [-0.2, 0) is 3.55 Å². The van der Waals surface area contributed by atoms with Gasteiger partial charge in [-0.25, -0.2) is 4.68 Å². The van der Waals surface area contributed by atoms with Crippen LogP contribution in [0.2, 0.25) is 0 Å². The van der Waals surface area contributed by atoms with E-state index in [-0.39, 0.29) is 3.55 Å². The Balaban J connectivity index is 2.90. The van der Waals surface area contributed by atoms with Crippen LogP contribution < -0.4 is 0 Å². The van der Waals surface area contributed by atoms with Gasteiger partial charge in [-0.15, -0.1) is 5.10 Å². The molecule has 0 aromatic carbocycles. The van der Waals surface area contributed by atoms with Crippen LogP contribution in [0, 0.1) is 0 Å². The third kappa shape index (κ3) is 1.64. The number of nitrogens with zero attached hydrogens (tertiary/aromatic N) is 3. The zero-order chi connectivity index (χ0) is 6.91. The largest absolute Gasteiger partial charge is 0.237 e. The van der Waals surface area contributed by atoms with Gasteiger partial charge in [0.05, 0.1) is 6.20 Å². The minimum absolute atomic E-state index is 0.0360. The van der Waals surface area contributed by atoms with Gasteiger partial charge in [0.25, 0.3) is 0 Å². The highest BCUT2D eigenvalue weighted by molar-refractivity contribution is 14.1. The molecule has 50 valence electrons. The van der Waals surface area contributed by atoms with Crippen molar-refractivity contribution in [2.24, 2.45) is 0 Å². The van der Waals surface area contributed by atoms with Crippen LogP contribution in [0.3, 0.4) is 0 Å². The molecule has 0 saturated heterocycles. The van der Waals surface area contributed by atoms with Crippen LogP contribution in [0.4, 0.5) is 0 Å². The summed E-state index contributed by atoms with van der Waals surface area (Å²) in [6.45, 7) is 4.14. The van der Waals surface area contributed by atoms with Crippen molar-refractivity contribution < 1.29 is 0 Å². The second kappa shape index (κ2) is 2.24. The molecule has 0 N–H and O–H groups in total. The minimum atomic E-state index is 0.0360. The van der Waals surface area contributed by atoms with Gasteiger partial charge in [0.15, 0.2) is 0 Å². The molecule has 0 radical (unpaired) electrons. The normalized spacial score (nSPS) is 11.9. The van der Waals surface area contributed by atoms with E-state index in [1.807, 2.05) is 10.9 Å². The van der Waals surface area contributed by atoms with E-state index < -0.39 is 0 Å². The Morgan fingerprint density at radius 1 is 1.56 bits per heavy atom. The maximum absolute atomic E-state index is 3.85. The average Bonchev–Trinajstić information content (AvgIpc) is 2.08. The lowest BCUT2D eigenvalue weighted by Gasteiger charge is -2.14. The van der Waals surface area contributed by atoms with Gasteiger partial charge >= 0.3 is 0 Å². The van der Waals surface area contributed by atoms with Gasteiger partial charge in [0.1, 0.15) is 3.55 Å². The van der Waals surface area contributed by atoms with E-state index in [1.165, 1.54) is 0 Å². The van der Waals surface area contributed by atoms with Crippen molar-refractivity contribution in [3.63, 3.8) is 0 Å². The van der Waals surface area contributed by atoms with Crippen molar-refractivity contribution in [1.82, 2.24) is 15.0 Å². The van der Waals surface area contributed by atoms with Crippen LogP contribution >= 0.6 is 22.6 Å². The SMILES string of the molecule is CC(C)(I)n1ccnn1. The first-order valence-corrected chi connectivity index (χ1v) is 3.74. The molecule has 3 nitrogen and oxygen atoms in total. The maximum atomic E-state index is 3.85. The predicted octanol–water partition coefficient (Wildman–Crippen LogP) is 1.41. The molecule has 1 rings (SSSR count). The number of aromatic nitrogens is 3. The number of hydrogen-bond acceptors (Lipinski definition) is 2. The summed E-state index contributed by atoms with van der Waals surface area (Å²) in [5.74, 6) is 0. The molecule has 0 unspecified atom stereocenters. The van der Waals surface area contributed by atoms with Gasteiger partial charge in [-0.3, -0.25) is 0 Å². The van der Waals surface area contributed by atoms with Crippen molar-refractivity contribution in [3.8, 4) is 0 Å². The fraction of sp³-hybridized carbons (Fsp3) is 0.600. The fourth-order valence-electron chi connectivity index (χ4n) is 0.492. The van der Waals surface area contributed by atoms with Gasteiger partial charge in [0, 0.05) is 6.20 Å². The van der Waals surface area contributed by atoms with Crippen molar-refractivity contribution in [1.29, 1.82) is 0 Å². The topological polar surface area (TPSA) is 30.7 Å². The first kappa shape index (κ1) is 6.98. The summed E-state index contributed by atoms with van der Waals surface area (Å²) in [7, 11) is 0. The van der Waals surface area contributed by atoms with E-state index in [1.54, 1.807) is 6.20 Å². The minimum Gasteiger partial charge on any atom is -0.237 e. The monoisotopic (exact) mass is 237 g/mol. The number of alkyl halides is 1. The first-order valence-electron chi connectivity index (χ1n) is 2.66. The Kier molecular flexibility index (Phi) is 1.74.